The molecule has 3 atom stereocenters. The zero-order valence-corrected chi connectivity index (χ0v) is 16.3. The first kappa shape index (κ1) is 19.9. The number of imidazole rings is 1. The fraction of sp³-hybridized carbons (Fsp3) is 0.421. The lowest BCUT2D eigenvalue weighted by atomic mass is 10.1. The molecule has 2 amide bonds. The number of fused-ring (bicyclic) bond motifs is 3. The molecule has 2 aromatic rings. The second-order valence-corrected chi connectivity index (χ2v) is 7.33. The maximum absolute atomic E-state index is 13.3. The number of benzene rings is 1. The molecule has 1 saturated heterocycles. The molecule has 0 bridgehead atoms. The number of hydrogen-bond acceptors (Lipinski definition) is 6. The van der Waals surface area contributed by atoms with E-state index in [2.05, 4.69) is 10.3 Å². The molecule has 9 nitrogen and oxygen atoms in total. The first-order chi connectivity index (χ1) is 14.2. The van der Waals surface area contributed by atoms with Gasteiger partial charge in [0.15, 0.2) is 5.82 Å². The van der Waals surface area contributed by atoms with Gasteiger partial charge in [0.2, 0.25) is 5.91 Å². The van der Waals surface area contributed by atoms with Gasteiger partial charge in [0.05, 0.1) is 12.1 Å². The van der Waals surface area contributed by atoms with Crippen LogP contribution < -0.4 is 20.7 Å². The molecule has 1 fully saturated rings. The number of alkyl halides is 2. The van der Waals surface area contributed by atoms with Gasteiger partial charge >= 0.3 is 6.09 Å². The van der Waals surface area contributed by atoms with Crippen molar-refractivity contribution in [3.05, 3.63) is 24.4 Å². The number of rotatable bonds is 5. The summed E-state index contributed by atoms with van der Waals surface area (Å²) in [5.41, 5.74) is 6.56. The Hall–Kier alpha value is -3.37. The van der Waals surface area contributed by atoms with Crippen LogP contribution in [0.3, 0.4) is 0 Å². The van der Waals surface area contributed by atoms with Gasteiger partial charge in [-0.3, -0.25) is 4.79 Å². The Labute approximate surface area is 170 Å². The SMILES string of the molecule is C[C@H](Nc1ccc2c(c1)O[C@@H](C)Cn1cc(N3C(=O)OC[C@H]3C(F)F)nc1-2)C(N)=O. The summed E-state index contributed by atoms with van der Waals surface area (Å²) in [5, 5.41) is 2.99. The van der Waals surface area contributed by atoms with Crippen molar-refractivity contribution in [2.24, 2.45) is 5.73 Å². The minimum absolute atomic E-state index is 0.0994. The minimum Gasteiger partial charge on any atom is -0.488 e. The molecule has 0 aliphatic carbocycles. The van der Waals surface area contributed by atoms with E-state index in [0.717, 1.165) is 4.90 Å². The van der Waals surface area contributed by atoms with Crippen LogP contribution in [0.2, 0.25) is 0 Å². The Morgan fingerprint density at radius 2 is 2.17 bits per heavy atom. The monoisotopic (exact) mass is 421 g/mol. The Bertz CT molecular complexity index is 995. The molecule has 3 N–H and O–H groups in total. The van der Waals surface area contributed by atoms with Crippen molar-refractivity contribution in [3.63, 3.8) is 0 Å². The average molecular weight is 421 g/mol. The summed E-state index contributed by atoms with van der Waals surface area (Å²) >= 11 is 0. The molecular weight excluding hydrogens is 400 g/mol. The number of primary amides is 1. The van der Waals surface area contributed by atoms with E-state index in [1.54, 1.807) is 35.9 Å². The van der Waals surface area contributed by atoms with Gasteiger partial charge in [0.25, 0.3) is 6.43 Å². The fourth-order valence-electron chi connectivity index (χ4n) is 3.50. The quantitative estimate of drug-likeness (QED) is 0.766. The summed E-state index contributed by atoms with van der Waals surface area (Å²) in [7, 11) is 0. The van der Waals surface area contributed by atoms with Gasteiger partial charge in [-0.25, -0.2) is 23.5 Å². The largest absolute Gasteiger partial charge is 0.488 e. The summed E-state index contributed by atoms with van der Waals surface area (Å²) in [6.07, 6.45) is -2.31. The Morgan fingerprint density at radius 1 is 1.40 bits per heavy atom. The van der Waals surface area contributed by atoms with Crippen LogP contribution in [0.4, 0.5) is 25.1 Å². The third-order valence-corrected chi connectivity index (χ3v) is 5.02. The topological polar surface area (TPSA) is 112 Å². The van der Waals surface area contributed by atoms with E-state index in [1.165, 1.54) is 0 Å². The summed E-state index contributed by atoms with van der Waals surface area (Å²) in [6.45, 7) is 3.52. The number of cyclic esters (lactones) is 1. The number of amides is 2. The highest BCUT2D eigenvalue weighted by Crippen LogP contribution is 2.38. The van der Waals surface area contributed by atoms with E-state index in [0.29, 0.717) is 29.4 Å². The lowest BCUT2D eigenvalue weighted by molar-refractivity contribution is -0.118. The van der Waals surface area contributed by atoms with Crippen LogP contribution in [-0.2, 0) is 16.1 Å². The number of nitrogens with zero attached hydrogens (tertiary/aromatic N) is 3. The molecule has 160 valence electrons. The van der Waals surface area contributed by atoms with E-state index >= 15 is 0 Å². The average Bonchev–Trinajstić information content (AvgIpc) is 3.22. The third kappa shape index (κ3) is 3.51. The zero-order valence-electron chi connectivity index (χ0n) is 16.3. The number of nitrogens with one attached hydrogen (secondary N) is 1. The summed E-state index contributed by atoms with van der Waals surface area (Å²) in [6, 6.07) is 3.25. The molecule has 1 aromatic carbocycles. The number of ether oxygens (including phenoxy) is 2. The molecule has 30 heavy (non-hydrogen) atoms. The predicted molar refractivity (Wildman–Crippen MR) is 104 cm³/mol. The molecule has 2 aliphatic rings. The zero-order chi connectivity index (χ0) is 21.6. The van der Waals surface area contributed by atoms with E-state index < -0.39 is 30.5 Å². The number of halogens is 2. The van der Waals surface area contributed by atoms with Crippen LogP contribution in [0.1, 0.15) is 13.8 Å². The van der Waals surface area contributed by atoms with E-state index in [9.17, 15) is 18.4 Å². The lowest BCUT2D eigenvalue weighted by Gasteiger charge is -2.18. The van der Waals surface area contributed by atoms with Crippen molar-refractivity contribution in [2.45, 2.75) is 45.0 Å². The number of carbonyl (C=O) groups excluding carboxylic acids is 2. The van der Waals surface area contributed by atoms with Gasteiger partial charge in [0.1, 0.15) is 36.4 Å². The molecule has 0 spiro atoms. The second kappa shape index (κ2) is 7.47. The highest BCUT2D eigenvalue weighted by atomic mass is 19.3. The number of nitrogens with two attached hydrogens (primary N) is 1. The molecule has 0 saturated carbocycles. The maximum atomic E-state index is 13.3. The summed E-state index contributed by atoms with van der Waals surface area (Å²) < 4.78 is 39.2. The van der Waals surface area contributed by atoms with Crippen molar-refractivity contribution in [1.82, 2.24) is 9.55 Å². The number of anilines is 2. The summed E-state index contributed by atoms with van der Waals surface area (Å²) in [5.74, 6) is 0.592. The van der Waals surface area contributed by atoms with Gasteiger partial charge in [0, 0.05) is 18.0 Å². The molecule has 2 aliphatic heterocycles. The Balaban J connectivity index is 1.72. The first-order valence-corrected chi connectivity index (χ1v) is 9.43. The number of aromatic nitrogens is 2. The third-order valence-electron chi connectivity index (χ3n) is 5.02. The van der Waals surface area contributed by atoms with Gasteiger partial charge in [-0.05, 0) is 26.0 Å². The summed E-state index contributed by atoms with van der Waals surface area (Å²) in [4.78, 5) is 28.7. The molecule has 0 unspecified atom stereocenters. The van der Waals surface area contributed by atoms with Gasteiger partial charge < -0.3 is 25.1 Å². The van der Waals surface area contributed by atoms with Gasteiger partial charge in [-0.15, -0.1) is 0 Å². The minimum atomic E-state index is -2.76. The number of carbonyl (C=O) groups is 2. The first-order valence-electron chi connectivity index (χ1n) is 9.43. The predicted octanol–water partition coefficient (Wildman–Crippen LogP) is 2.21. The maximum Gasteiger partial charge on any atom is 0.416 e. The van der Waals surface area contributed by atoms with Gasteiger partial charge in [-0.2, -0.15) is 0 Å². The molecule has 3 heterocycles. The van der Waals surface area contributed by atoms with Crippen molar-refractivity contribution < 1.29 is 27.8 Å². The smallest absolute Gasteiger partial charge is 0.416 e. The van der Waals surface area contributed by atoms with Crippen LogP contribution >= 0.6 is 0 Å². The number of hydrogen-bond donors (Lipinski definition) is 2. The molecule has 4 rings (SSSR count). The van der Waals surface area contributed by atoms with E-state index in [1.807, 2.05) is 6.92 Å². The lowest BCUT2D eigenvalue weighted by Crippen LogP contribution is -2.38. The molecular formula is C19H21F2N5O4. The normalized spacial score (nSPS) is 21.4. The van der Waals surface area contributed by atoms with Crippen LogP contribution in [0.5, 0.6) is 5.75 Å². The Morgan fingerprint density at radius 3 is 2.87 bits per heavy atom. The van der Waals surface area contributed by atoms with Crippen LogP contribution in [0.15, 0.2) is 24.4 Å². The molecule has 0 radical (unpaired) electrons. The Kier molecular flexibility index (Phi) is 4.96. The van der Waals surface area contributed by atoms with Crippen molar-refractivity contribution in [1.29, 1.82) is 0 Å². The highest BCUT2D eigenvalue weighted by molar-refractivity contribution is 5.90. The highest BCUT2D eigenvalue weighted by Gasteiger charge is 2.42. The van der Waals surface area contributed by atoms with Gasteiger partial charge in [-0.1, -0.05) is 0 Å². The van der Waals surface area contributed by atoms with Crippen LogP contribution in [0.25, 0.3) is 11.4 Å². The van der Waals surface area contributed by atoms with Crippen LogP contribution in [-0.4, -0.2) is 52.8 Å². The standard InChI is InChI=1S/C19H21F2N5O4/c1-9-6-25-7-15(26-13(16(20)21)8-29-19(26)28)24-18(25)12-4-3-11(5-14(12)30-9)23-10(2)17(22)27/h3-5,7,9-10,13,16,23H,6,8H2,1-2H3,(H2,22,27)/t9-,10-,13-/m0/s1. The van der Waals surface area contributed by atoms with E-state index in [4.69, 9.17) is 15.2 Å². The second-order valence-electron chi connectivity index (χ2n) is 7.33. The fourth-order valence-corrected chi connectivity index (χ4v) is 3.50. The van der Waals surface area contributed by atoms with Crippen LogP contribution in [0, 0.1) is 0 Å². The van der Waals surface area contributed by atoms with Crippen molar-refractivity contribution in [3.8, 4) is 17.1 Å². The van der Waals surface area contributed by atoms with Crippen molar-refractivity contribution >= 4 is 23.5 Å². The molecule has 11 heteroatoms. The van der Waals surface area contributed by atoms with Crippen molar-refractivity contribution in [2.75, 3.05) is 16.8 Å². The van der Waals surface area contributed by atoms with E-state index in [-0.39, 0.29) is 18.5 Å². The molecule has 1 aromatic heterocycles.